The molecule has 0 bridgehead atoms. The molecule has 0 saturated carbocycles. The quantitative estimate of drug-likeness (QED) is 0.612. The van der Waals surface area contributed by atoms with Crippen LogP contribution in [0.25, 0.3) is 0 Å². The van der Waals surface area contributed by atoms with Crippen LogP contribution in [-0.2, 0) is 0 Å². The van der Waals surface area contributed by atoms with Gasteiger partial charge >= 0.3 is 0 Å². The summed E-state index contributed by atoms with van der Waals surface area (Å²) in [5, 5.41) is 0. The SMILES string of the molecule is Cc1cccc(C(=O)/C=C/C(=O)c2cccc(C)c2C)c1C. The molecule has 0 N–H and O–H groups in total. The molecule has 2 heteroatoms. The number of aryl methyl sites for hydroxylation is 2. The van der Waals surface area contributed by atoms with Crippen LogP contribution in [0, 0.1) is 27.7 Å². The Labute approximate surface area is 131 Å². The van der Waals surface area contributed by atoms with Crippen LogP contribution in [0.5, 0.6) is 0 Å². The minimum absolute atomic E-state index is 0.139. The number of carbonyl (C=O) groups is 2. The van der Waals surface area contributed by atoms with Gasteiger partial charge in [0.2, 0.25) is 0 Å². The number of rotatable bonds is 4. The van der Waals surface area contributed by atoms with Crippen molar-refractivity contribution in [1.29, 1.82) is 0 Å². The summed E-state index contributed by atoms with van der Waals surface area (Å²) in [5.41, 5.74) is 5.34. The summed E-state index contributed by atoms with van der Waals surface area (Å²) in [6.07, 6.45) is 2.73. The maximum Gasteiger partial charge on any atom is 0.186 e. The fourth-order valence-corrected chi connectivity index (χ4v) is 2.37. The molecule has 0 amide bonds. The Bertz CT molecular complexity index is 702. The second-order valence-electron chi connectivity index (χ2n) is 5.56. The molecular formula is C20H20O2. The smallest absolute Gasteiger partial charge is 0.186 e. The van der Waals surface area contributed by atoms with Gasteiger partial charge in [-0.1, -0.05) is 36.4 Å². The van der Waals surface area contributed by atoms with Crippen molar-refractivity contribution in [3.8, 4) is 0 Å². The van der Waals surface area contributed by atoms with Gasteiger partial charge in [-0.2, -0.15) is 0 Å². The van der Waals surface area contributed by atoms with Crippen molar-refractivity contribution in [3.05, 3.63) is 81.9 Å². The van der Waals surface area contributed by atoms with Gasteiger partial charge in [-0.05, 0) is 62.1 Å². The summed E-state index contributed by atoms with van der Waals surface area (Å²) in [6, 6.07) is 11.2. The van der Waals surface area contributed by atoms with Crippen LogP contribution >= 0.6 is 0 Å². The third-order valence-electron chi connectivity index (χ3n) is 4.13. The fraction of sp³-hybridized carbons (Fsp3) is 0.200. The van der Waals surface area contributed by atoms with Crippen molar-refractivity contribution in [3.63, 3.8) is 0 Å². The van der Waals surface area contributed by atoms with Crippen LogP contribution in [0.2, 0.25) is 0 Å². The van der Waals surface area contributed by atoms with E-state index in [1.807, 2.05) is 52.0 Å². The highest BCUT2D eigenvalue weighted by Gasteiger charge is 2.10. The minimum atomic E-state index is -0.139. The molecule has 0 unspecified atom stereocenters. The van der Waals surface area contributed by atoms with Gasteiger partial charge in [0, 0.05) is 11.1 Å². The van der Waals surface area contributed by atoms with Gasteiger partial charge in [-0.15, -0.1) is 0 Å². The average molecular weight is 292 g/mol. The second-order valence-corrected chi connectivity index (χ2v) is 5.56. The Balaban J connectivity index is 2.24. The number of benzene rings is 2. The van der Waals surface area contributed by atoms with Gasteiger partial charge in [0.25, 0.3) is 0 Å². The first-order valence-corrected chi connectivity index (χ1v) is 7.31. The number of ketones is 2. The summed E-state index contributed by atoms with van der Waals surface area (Å²) in [4.78, 5) is 24.5. The molecule has 112 valence electrons. The van der Waals surface area contributed by atoms with Crippen LogP contribution in [0.15, 0.2) is 48.6 Å². The third-order valence-corrected chi connectivity index (χ3v) is 4.13. The van der Waals surface area contributed by atoms with E-state index in [0.29, 0.717) is 11.1 Å². The predicted octanol–water partition coefficient (Wildman–Crippen LogP) is 4.54. The zero-order valence-electron chi connectivity index (χ0n) is 13.4. The lowest BCUT2D eigenvalue weighted by Crippen LogP contribution is -2.03. The zero-order valence-corrected chi connectivity index (χ0v) is 13.4. The Morgan fingerprint density at radius 3 is 1.41 bits per heavy atom. The molecule has 0 aliphatic heterocycles. The van der Waals surface area contributed by atoms with E-state index < -0.39 is 0 Å². The number of hydrogen-bond donors (Lipinski definition) is 0. The molecule has 0 fully saturated rings. The lowest BCUT2D eigenvalue weighted by atomic mass is 9.98. The summed E-state index contributed by atoms with van der Waals surface area (Å²) in [5.74, 6) is -0.278. The van der Waals surface area contributed by atoms with Gasteiger partial charge < -0.3 is 0 Å². The van der Waals surface area contributed by atoms with E-state index in [9.17, 15) is 9.59 Å². The van der Waals surface area contributed by atoms with Crippen LogP contribution in [-0.4, -0.2) is 11.6 Å². The summed E-state index contributed by atoms with van der Waals surface area (Å²) < 4.78 is 0. The number of allylic oxidation sites excluding steroid dienone is 2. The average Bonchev–Trinajstić information content (AvgIpc) is 2.50. The number of hydrogen-bond acceptors (Lipinski definition) is 2. The van der Waals surface area contributed by atoms with Gasteiger partial charge in [0.05, 0.1) is 0 Å². The summed E-state index contributed by atoms with van der Waals surface area (Å²) in [6.45, 7) is 7.78. The molecule has 2 aromatic carbocycles. The highest BCUT2D eigenvalue weighted by Crippen LogP contribution is 2.16. The Hall–Kier alpha value is -2.48. The highest BCUT2D eigenvalue weighted by molar-refractivity contribution is 6.12. The maximum atomic E-state index is 12.3. The van der Waals surface area contributed by atoms with E-state index in [4.69, 9.17) is 0 Å². The molecule has 0 aliphatic carbocycles. The standard InChI is InChI=1S/C20H20O2/c1-13-7-5-9-17(15(13)3)19(21)11-12-20(22)18-10-6-8-14(2)16(18)4/h5-12H,1-4H3/b12-11+. The van der Waals surface area contributed by atoms with Crippen LogP contribution in [0.3, 0.4) is 0 Å². The topological polar surface area (TPSA) is 34.1 Å². The molecule has 2 rings (SSSR count). The Kier molecular flexibility index (Phi) is 4.71. The first-order valence-electron chi connectivity index (χ1n) is 7.31. The predicted molar refractivity (Wildman–Crippen MR) is 89.6 cm³/mol. The summed E-state index contributed by atoms with van der Waals surface area (Å²) in [7, 11) is 0. The highest BCUT2D eigenvalue weighted by atomic mass is 16.1. The summed E-state index contributed by atoms with van der Waals surface area (Å²) >= 11 is 0. The molecule has 0 heterocycles. The molecule has 0 saturated heterocycles. The molecule has 0 aromatic heterocycles. The first-order chi connectivity index (χ1) is 10.4. The molecule has 0 radical (unpaired) electrons. The van der Waals surface area contributed by atoms with E-state index in [0.717, 1.165) is 22.3 Å². The molecule has 0 atom stereocenters. The fourth-order valence-electron chi connectivity index (χ4n) is 2.37. The molecule has 2 aromatic rings. The monoisotopic (exact) mass is 292 g/mol. The lowest BCUT2D eigenvalue weighted by molar-refractivity contribution is 0.102. The van der Waals surface area contributed by atoms with Crippen LogP contribution in [0.4, 0.5) is 0 Å². The normalized spacial score (nSPS) is 10.9. The van der Waals surface area contributed by atoms with Gasteiger partial charge in [0.1, 0.15) is 0 Å². The molecular weight excluding hydrogens is 272 g/mol. The zero-order chi connectivity index (χ0) is 16.3. The Morgan fingerprint density at radius 1 is 0.682 bits per heavy atom. The van der Waals surface area contributed by atoms with E-state index in [1.165, 1.54) is 12.2 Å². The van der Waals surface area contributed by atoms with Gasteiger partial charge in [0.15, 0.2) is 11.6 Å². The van der Waals surface area contributed by atoms with E-state index in [-0.39, 0.29) is 11.6 Å². The van der Waals surface area contributed by atoms with Crippen LogP contribution in [0.1, 0.15) is 43.0 Å². The van der Waals surface area contributed by atoms with E-state index in [1.54, 1.807) is 12.1 Å². The maximum absolute atomic E-state index is 12.3. The van der Waals surface area contributed by atoms with Crippen LogP contribution < -0.4 is 0 Å². The molecule has 0 aliphatic rings. The van der Waals surface area contributed by atoms with Crippen molar-refractivity contribution in [1.82, 2.24) is 0 Å². The minimum Gasteiger partial charge on any atom is -0.289 e. The van der Waals surface area contributed by atoms with Crippen molar-refractivity contribution >= 4 is 11.6 Å². The molecule has 0 spiro atoms. The van der Waals surface area contributed by atoms with Crippen molar-refractivity contribution in [2.24, 2.45) is 0 Å². The van der Waals surface area contributed by atoms with Crippen molar-refractivity contribution in [2.45, 2.75) is 27.7 Å². The Morgan fingerprint density at radius 2 is 1.05 bits per heavy atom. The largest absolute Gasteiger partial charge is 0.289 e. The van der Waals surface area contributed by atoms with E-state index >= 15 is 0 Å². The van der Waals surface area contributed by atoms with Gasteiger partial charge in [-0.25, -0.2) is 0 Å². The third kappa shape index (κ3) is 3.22. The first kappa shape index (κ1) is 15.9. The molecule has 22 heavy (non-hydrogen) atoms. The van der Waals surface area contributed by atoms with Crippen molar-refractivity contribution in [2.75, 3.05) is 0 Å². The number of carbonyl (C=O) groups excluding carboxylic acids is 2. The van der Waals surface area contributed by atoms with E-state index in [2.05, 4.69) is 0 Å². The molecule has 2 nitrogen and oxygen atoms in total. The van der Waals surface area contributed by atoms with Gasteiger partial charge in [-0.3, -0.25) is 9.59 Å². The second kappa shape index (κ2) is 6.52. The lowest BCUT2D eigenvalue weighted by Gasteiger charge is -2.06. The van der Waals surface area contributed by atoms with Crippen molar-refractivity contribution < 1.29 is 9.59 Å².